The summed E-state index contributed by atoms with van der Waals surface area (Å²) < 4.78 is 18.8. The lowest BCUT2D eigenvalue weighted by Crippen LogP contribution is -2.41. The second-order valence-electron chi connectivity index (χ2n) is 5.71. The Morgan fingerprint density at radius 3 is 2.59 bits per heavy atom. The number of nitrogens with zero attached hydrogens (tertiary/aromatic N) is 1. The van der Waals surface area contributed by atoms with Crippen molar-refractivity contribution < 1.29 is 18.7 Å². The van der Waals surface area contributed by atoms with Gasteiger partial charge in [-0.05, 0) is 36.8 Å². The molecule has 0 saturated heterocycles. The minimum atomic E-state index is -0.553. The predicted molar refractivity (Wildman–Crippen MR) is 104 cm³/mol. The Hall–Kier alpha value is -2.31. The first-order valence-electron chi connectivity index (χ1n) is 8.30. The fourth-order valence-corrected chi connectivity index (χ4v) is 2.76. The van der Waals surface area contributed by atoms with Gasteiger partial charge >= 0.3 is 0 Å². The molecule has 0 aromatic heterocycles. The van der Waals surface area contributed by atoms with Crippen LogP contribution >= 0.6 is 23.2 Å². The monoisotopic (exact) mass is 412 g/mol. The average molecular weight is 413 g/mol. The smallest absolute Gasteiger partial charge is 0.260 e. The summed E-state index contributed by atoms with van der Waals surface area (Å²) in [6.07, 6.45) is 0.653. The van der Waals surface area contributed by atoms with E-state index in [1.54, 1.807) is 18.2 Å². The predicted octanol–water partition coefficient (Wildman–Crippen LogP) is 4.39. The van der Waals surface area contributed by atoms with Crippen LogP contribution in [0.15, 0.2) is 42.5 Å². The lowest BCUT2D eigenvalue weighted by molar-refractivity contribution is -0.136. The molecule has 0 fully saturated rings. The SMILES string of the molecule is CCCN(CC(=O)Nc1ccc(Cl)cc1Cl)C(=O)COc1ccccc1F. The van der Waals surface area contributed by atoms with E-state index in [1.165, 1.54) is 29.2 Å². The molecule has 0 saturated carbocycles. The zero-order chi connectivity index (χ0) is 19.8. The van der Waals surface area contributed by atoms with E-state index in [2.05, 4.69) is 5.32 Å². The Bertz CT molecular complexity index is 817. The molecule has 0 unspecified atom stereocenters. The third-order valence-corrected chi connectivity index (χ3v) is 4.12. The number of carbonyl (C=O) groups is 2. The van der Waals surface area contributed by atoms with Crippen molar-refractivity contribution in [1.82, 2.24) is 4.90 Å². The lowest BCUT2D eigenvalue weighted by atomic mass is 10.3. The molecule has 2 aromatic rings. The van der Waals surface area contributed by atoms with E-state index < -0.39 is 17.6 Å². The molecule has 0 radical (unpaired) electrons. The molecule has 0 aliphatic carbocycles. The number of halogens is 3. The van der Waals surface area contributed by atoms with Gasteiger partial charge in [-0.3, -0.25) is 9.59 Å². The first kappa shape index (κ1) is 21.0. The molecule has 2 aromatic carbocycles. The maximum absolute atomic E-state index is 13.6. The van der Waals surface area contributed by atoms with Gasteiger partial charge in [0.25, 0.3) is 5.91 Å². The highest BCUT2D eigenvalue weighted by Crippen LogP contribution is 2.25. The normalized spacial score (nSPS) is 10.4. The van der Waals surface area contributed by atoms with Crippen LogP contribution in [0.2, 0.25) is 10.0 Å². The molecule has 144 valence electrons. The quantitative estimate of drug-likeness (QED) is 0.699. The number of hydrogen-bond donors (Lipinski definition) is 1. The number of para-hydroxylation sites is 1. The Morgan fingerprint density at radius 1 is 1.19 bits per heavy atom. The molecule has 1 N–H and O–H groups in total. The van der Waals surface area contributed by atoms with E-state index >= 15 is 0 Å². The van der Waals surface area contributed by atoms with Gasteiger partial charge < -0.3 is 15.0 Å². The fourth-order valence-electron chi connectivity index (χ4n) is 2.31. The van der Waals surface area contributed by atoms with Crippen molar-refractivity contribution in [1.29, 1.82) is 0 Å². The summed E-state index contributed by atoms with van der Waals surface area (Å²) in [6, 6.07) is 10.5. The third kappa shape index (κ3) is 6.41. The van der Waals surface area contributed by atoms with E-state index in [4.69, 9.17) is 27.9 Å². The van der Waals surface area contributed by atoms with Gasteiger partial charge in [0.05, 0.1) is 17.3 Å². The summed E-state index contributed by atoms with van der Waals surface area (Å²) in [4.78, 5) is 26.0. The summed E-state index contributed by atoms with van der Waals surface area (Å²) in [7, 11) is 0. The zero-order valence-electron chi connectivity index (χ0n) is 14.7. The largest absolute Gasteiger partial charge is 0.481 e. The Morgan fingerprint density at radius 2 is 1.93 bits per heavy atom. The van der Waals surface area contributed by atoms with Crippen LogP contribution in [0.1, 0.15) is 13.3 Å². The van der Waals surface area contributed by atoms with Crippen LogP contribution in [0.3, 0.4) is 0 Å². The molecule has 2 amide bonds. The number of carbonyl (C=O) groups excluding carboxylic acids is 2. The van der Waals surface area contributed by atoms with E-state index in [0.717, 1.165) is 0 Å². The van der Waals surface area contributed by atoms with E-state index in [9.17, 15) is 14.0 Å². The minimum Gasteiger partial charge on any atom is -0.481 e. The topological polar surface area (TPSA) is 58.6 Å². The second-order valence-corrected chi connectivity index (χ2v) is 6.55. The zero-order valence-corrected chi connectivity index (χ0v) is 16.2. The van der Waals surface area contributed by atoms with Gasteiger partial charge in [0, 0.05) is 11.6 Å². The molecule has 0 spiro atoms. The maximum atomic E-state index is 13.6. The Labute approximate surface area is 167 Å². The number of rotatable bonds is 8. The van der Waals surface area contributed by atoms with Crippen molar-refractivity contribution in [3.05, 3.63) is 58.3 Å². The molecule has 0 aliphatic heterocycles. The maximum Gasteiger partial charge on any atom is 0.260 e. The molecule has 2 rings (SSSR count). The molecule has 0 heterocycles. The summed E-state index contributed by atoms with van der Waals surface area (Å²) >= 11 is 11.9. The number of amides is 2. The van der Waals surface area contributed by atoms with Crippen molar-refractivity contribution in [2.24, 2.45) is 0 Å². The van der Waals surface area contributed by atoms with Crippen molar-refractivity contribution in [2.45, 2.75) is 13.3 Å². The fraction of sp³-hybridized carbons (Fsp3) is 0.263. The molecular formula is C19H19Cl2FN2O3. The van der Waals surface area contributed by atoms with Crippen molar-refractivity contribution >= 4 is 40.7 Å². The van der Waals surface area contributed by atoms with Gasteiger partial charge in [-0.15, -0.1) is 0 Å². The molecular weight excluding hydrogens is 394 g/mol. The Balaban J connectivity index is 1.95. The summed E-state index contributed by atoms with van der Waals surface area (Å²) in [5.74, 6) is -1.40. The number of nitrogens with one attached hydrogen (secondary N) is 1. The van der Waals surface area contributed by atoms with Crippen LogP contribution in [0, 0.1) is 5.82 Å². The van der Waals surface area contributed by atoms with Crippen molar-refractivity contribution in [2.75, 3.05) is 25.0 Å². The number of hydrogen-bond acceptors (Lipinski definition) is 3. The van der Waals surface area contributed by atoms with Crippen LogP contribution in [0.25, 0.3) is 0 Å². The van der Waals surface area contributed by atoms with Crippen LogP contribution in [0.4, 0.5) is 10.1 Å². The Kier molecular flexibility index (Phi) is 7.88. The molecule has 0 bridgehead atoms. The minimum absolute atomic E-state index is 0.0142. The van der Waals surface area contributed by atoms with Gasteiger partial charge in [0.2, 0.25) is 5.91 Å². The highest BCUT2D eigenvalue weighted by Gasteiger charge is 2.18. The molecule has 0 atom stereocenters. The molecule has 8 heteroatoms. The molecule has 27 heavy (non-hydrogen) atoms. The summed E-state index contributed by atoms with van der Waals surface area (Å²) in [5.41, 5.74) is 0.401. The van der Waals surface area contributed by atoms with Gasteiger partial charge in [-0.2, -0.15) is 0 Å². The highest BCUT2D eigenvalue weighted by molar-refractivity contribution is 6.36. The third-order valence-electron chi connectivity index (χ3n) is 3.57. The average Bonchev–Trinajstić information content (AvgIpc) is 2.63. The number of anilines is 1. The van der Waals surface area contributed by atoms with Crippen molar-refractivity contribution in [3.63, 3.8) is 0 Å². The van der Waals surface area contributed by atoms with E-state index in [1.807, 2.05) is 6.92 Å². The van der Waals surface area contributed by atoms with Crippen LogP contribution in [0.5, 0.6) is 5.75 Å². The van der Waals surface area contributed by atoms with Crippen LogP contribution in [-0.4, -0.2) is 36.4 Å². The van der Waals surface area contributed by atoms with E-state index in [-0.39, 0.29) is 18.9 Å². The standard InChI is InChI=1S/C19H19Cl2FN2O3/c1-2-9-24(19(26)12-27-17-6-4-3-5-15(17)22)11-18(25)23-16-8-7-13(20)10-14(16)21/h3-8,10H,2,9,11-12H2,1H3,(H,23,25). The first-order chi connectivity index (χ1) is 12.9. The van der Waals surface area contributed by atoms with E-state index in [0.29, 0.717) is 28.7 Å². The second kappa shape index (κ2) is 10.1. The number of benzene rings is 2. The van der Waals surface area contributed by atoms with Gasteiger partial charge in [0.15, 0.2) is 18.2 Å². The highest BCUT2D eigenvalue weighted by atomic mass is 35.5. The van der Waals surface area contributed by atoms with Gasteiger partial charge in [0.1, 0.15) is 0 Å². The summed E-state index contributed by atoms with van der Waals surface area (Å²) in [6.45, 7) is 1.70. The lowest BCUT2D eigenvalue weighted by Gasteiger charge is -2.22. The van der Waals surface area contributed by atoms with Crippen molar-refractivity contribution in [3.8, 4) is 5.75 Å². The van der Waals surface area contributed by atoms with Crippen LogP contribution < -0.4 is 10.1 Å². The molecule has 5 nitrogen and oxygen atoms in total. The first-order valence-corrected chi connectivity index (χ1v) is 9.06. The summed E-state index contributed by atoms with van der Waals surface area (Å²) in [5, 5.41) is 3.39. The number of ether oxygens (including phenoxy) is 1. The van der Waals surface area contributed by atoms with Gasteiger partial charge in [-0.25, -0.2) is 4.39 Å². The van der Waals surface area contributed by atoms with Gasteiger partial charge in [-0.1, -0.05) is 42.3 Å². The molecule has 0 aliphatic rings. The van der Waals surface area contributed by atoms with Crippen LogP contribution in [-0.2, 0) is 9.59 Å².